The number of hydrogen-bond donors (Lipinski definition) is 0. The summed E-state index contributed by atoms with van der Waals surface area (Å²) in [5.74, 6) is -1.79. The maximum atomic E-state index is 13.2. The molecule has 0 unspecified atom stereocenters. The Morgan fingerprint density at radius 1 is 1.03 bits per heavy atom. The lowest BCUT2D eigenvalue weighted by Gasteiger charge is -2.33. The zero-order valence-electron chi connectivity index (χ0n) is 15.9. The van der Waals surface area contributed by atoms with Crippen LogP contribution in [-0.4, -0.2) is 62.3 Å². The molecule has 1 heterocycles. The van der Waals surface area contributed by atoms with Crippen molar-refractivity contribution in [2.24, 2.45) is 0 Å². The third kappa shape index (κ3) is 4.99. The van der Waals surface area contributed by atoms with Gasteiger partial charge in [-0.05, 0) is 37.3 Å². The topological polar surface area (TPSA) is 84.0 Å². The molecule has 0 saturated carbocycles. The van der Waals surface area contributed by atoms with E-state index in [-0.39, 0.29) is 36.6 Å². The Hall–Kier alpha value is -2.78. The van der Waals surface area contributed by atoms with Crippen molar-refractivity contribution in [3.63, 3.8) is 0 Å². The molecule has 1 saturated heterocycles. The minimum absolute atomic E-state index is 0.0202. The number of nitrogens with zero attached hydrogens (tertiary/aromatic N) is 2. The first-order valence-electron chi connectivity index (χ1n) is 9.04. The molecule has 1 aliphatic rings. The number of carbonyl (C=O) groups is 2. The van der Waals surface area contributed by atoms with Crippen LogP contribution in [0.15, 0.2) is 53.4 Å². The van der Waals surface area contributed by atoms with Crippen molar-refractivity contribution in [2.75, 3.05) is 32.8 Å². The highest BCUT2D eigenvalue weighted by Crippen LogP contribution is 2.18. The standard InChI is InChI=1S/C20H21FN2O5S/c1-15-5-7-18(8-6-15)29(26,27)23-11-9-22(10-12-23)19(24)14-28-20(25)16-3-2-4-17(21)13-16/h2-8,13H,9-12,14H2,1H3. The molecule has 9 heteroatoms. The van der Waals surface area contributed by atoms with Gasteiger partial charge in [-0.1, -0.05) is 23.8 Å². The summed E-state index contributed by atoms with van der Waals surface area (Å²) in [5, 5.41) is 0. The first-order chi connectivity index (χ1) is 13.8. The second-order valence-electron chi connectivity index (χ2n) is 6.68. The van der Waals surface area contributed by atoms with Crippen LogP contribution in [-0.2, 0) is 19.6 Å². The van der Waals surface area contributed by atoms with Crippen LogP contribution in [0.5, 0.6) is 0 Å². The molecule has 0 bridgehead atoms. The molecule has 3 rings (SSSR count). The Labute approximate surface area is 168 Å². The van der Waals surface area contributed by atoms with E-state index in [1.165, 1.54) is 27.4 Å². The summed E-state index contributed by atoms with van der Waals surface area (Å²) in [6.45, 7) is 2.09. The summed E-state index contributed by atoms with van der Waals surface area (Å²) in [6, 6.07) is 11.6. The van der Waals surface area contributed by atoms with E-state index in [9.17, 15) is 22.4 Å². The highest BCUT2D eigenvalue weighted by atomic mass is 32.2. The van der Waals surface area contributed by atoms with E-state index in [1.54, 1.807) is 24.3 Å². The maximum absolute atomic E-state index is 13.2. The van der Waals surface area contributed by atoms with Crippen LogP contribution in [0.3, 0.4) is 0 Å². The molecule has 1 aliphatic heterocycles. The predicted molar refractivity (Wildman–Crippen MR) is 103 cm³/mol. The highest BCUT2D eigenvalue weighted by molar-refractivity contribution is 7.89. The Morgan fingerprint density at radius 2 is 1.69 bits per heavy atom. The van der Waals surface area contributed by atoms with Crippen LogP contribution in [0.2, 0.25) is 0 Å². The zero-order valence-corrected chi connectivity index (χ0v) is 16.7. The number of piperazine rings is 1. The molecule has 0 N–H and O–H groups in total. The molecule has 154 valence electrons. The van der Waals surface area contributed by atoms with E-state index in [2.05, 4.69) is 0 Å². The largest absolute Gasteiger partial charge is 0.452 e. The predicted octanol–water partition coefficient (Wildman–Crippen LogP) is 1.82. The Morgan fingerprint density at radius 3 is 2.31 bits per heavy atom. The first-order valence-corrected chi connectivity index (χ1v) is 10.5. The molecule has 0 radical (unpaired) electrons. The summed E-state index contributed by atoms with van der Waals surface area (Å²) >= 11 is 0. The van der Waals surface area contributed by atoms with Crippen LogP contribution in [0.1, 0.15) is 15.9 Å². The normalized spacial score (nSPS) is 15.2. The lowest BCUT2D eigenvalue weighted by molar-refractivity contribution is -0.135. The maximum Gasteiger partial charge on any atom is 0.338 e. The van der Waals surface area contributed by atoms with Crippen LogP contribution in [0, 0.1) is 12.7 Å². The summed E-state index contributed by atoms with van der Waals surface area (Å²) < 4.78 is 44.8. The van der Waals surface area contributed by atoms with Crippen molar-refractivity contribution >= 4 is 21.9 Å². The number of carbonyl (C=O) groups excluding carboxylic acids is 2. The number of halogens is 1. The van der Waals surface area contributed by atoms with Gasteiger partial charge in [0.15, 0.2) is 6.61 Å². The first kappa shape index (κ1) is 20.9. The minimum atomic E-state index is -3.62. The lowest BCUT2D eigenvalue weighted by atomic mass is 10.2. The molecule has 2 aromatic rings. The van der Waals surface area contributed by atoms with E-state index in [1.807, 2.05) is 6.92 Å². The SMILES string of the molecule is Cc1ccc(S(=O)(=O)N2CCN(C(=O)COC(=O)c3cccc(F)c3)CC2)cc1. The number of benzene rings is 2. The quantitative estimate of drug-likeness (QED) is 0.689. The average Bonchev–Trinajstić information content (AvgIpc) is 2.72. The van der Waals surface area contributed by atoms with Gasteiger partial charge in [0.05, 0.1) is 10.5 Å². The van der Waals surface area contributed by atoms with Gasteiger partial charge in [-0.2, -0.15) is 4.31 Å². The Kier molecular flexibility index (Phi) is 6.29. The number of ether oxygens (including phenoxy) is 1. The van der Waals surface area contributed by atoms with Gasteiger partial charge in [0.2, 0.25) is 10.0 Å². The van der Waals surface area contributed by atoms with Crippen molar-refractivity contribution in [3.05, 3.63) is 65.5 Å². The summed E-state index contributed by atoms with van der Waals surface area (Å²) in [4.78, 5) is 25.8. The van der Waals surface area contributed by atoms with Gasteiger partial charge in [-0.15, -0.1) is 0 Å². The molecule has 7 nitrogen and oxygen atoms in total. The van der Waals surface area contributed by atoms with Gasteiger partial charge < -0.3 is 9.64 Å². The smallest absolute Gasteiger partial charge is 0.338 e. The molecule has 0 aliphatic carbocycles. The van der Waals surface area contributed by atoms with Gasteiger partial charge in [0.25, 0.3) is 5.91 Å². The molecule has 0 atom stereocenters. The summed E-state index contributed by atoms with van der Waals surface area (Å²) in [5.41, 5.74) is 0.985. The highest BCUT2D eigenvalue weighted by Gasteiger charge is 2.30. The van der Waals surface area contributed by atoms with E-state index in [4.69, 9.17) is 4.74 Å². The van der Waals surface area contributed by atoms with Crippen LogP contribution < -0.4 is 0 Å². The fourth-order valence-corrected chi connectivity index (χ4v) is 4.38. The number of aryl methyl sites for hydroxylation is 1. The molecular formula is C20H21FN2O5S. The van der Waals surface area contributed by atoms with E-state index in [0.29, 0.717) is 0 Å². The van der Waals surface area contributed by atoms with Crippen molar-refractivity contribution < 1.29 is 27.1 Å². The van der Waals surface area contributed by atoms with Crippen molar-refractivity contribution in [1.82, 2.24) is 9.21 Å². The van der Waals surface area contributed by atoms with Crippen LogP contribution in [0.4, 0.5) is 4.39 Å². The second-order valence-corrected chi connectivity index (χ2v) is 8.62. The van der Waals surface area contributed by atoms with Gasteiger partial charge >= 0.3 is 5.97 Å². The summed E-state index contributed by atoms with van der Waals surface area (Å²) in [6.07, 6.45) is 0. The van der Waals surface area contributed by atoms with Crippen molar-refractivity contribution in [2.45, 2.75) is 11.8 Å². The van der Waals surface area contributed by atoms with Gasteiger partial charge in [-0.3, -0.25) is 4.79 Å². The monoisotopic (exact) mass is 420 g/mol. The summed E-state index contributed by atoms with van der Waals surface area (Å²) in [7, 11) is -3.62. The Bertz CT molecular complexity index is 1000. The van der Waals surface area contributed by atoms with Crippen molar-refractivity contribution in [1.29, 1.82) is 0 Å². The number of amides is 1. The molecule has 0 aromatic heterocycles. The number of sulfonamides is 1. The average molecular weight is 420 g/mol. The van der Waals surface area contributed by atoms with Crippen LogP contribution >= 0.6 is 0 Å². The molecular weight excluding hydrogens is 399 g/mol. The molecule has 0 spiro atoms. The molecule has 1 fully saturated rings. The third-order valence-electron chi connectivity index (χ3n) is 4.64. The van der Waals surface area contributed by atoms with Gasteiger partial charge in [-0.25, -0.2) is 17.6 Å². The molecule has 1 amide bonds. The van der Waals surface area contributed by atoms with Crippen LogP contribution in [0.25, 0.3) is 0 Å². The lowest BCUT2D eigenvalue weighted by Crippen LogP contribution is -2.51. The minimum Gasteiger partial charge on any atom is -0.452 e. The van der Waals surface area contributed by atoms with E-state index in [0.717, 1.165) is 11.6 Å². The third-order valence-corrected chi connectivity index (χ3v) is 6.55. The fraction of sp³-hybridized carbons (Fsp3) is 0.300. The number of hydrogen-bond acceptors (Lipinski definition) is 5. The second kappa shape index (κ2) is 8.71. The number of esters is 1. The fourth-order valence-electron chi connectivity index (χ4n) is 2.95. The zero-order chi connectivity index (χ0) is 21.0. The van der Waals surface area contributed by atoms with Gasteiger partial charge in [0, 0.05) is 26.2 Å². The van der Waals surface area contributed by atoms with E-state index < -0.39 is 34.3 Å². The van der Waals surface area contributed by atoms with Gasteiger partial charge in [0.1, 0.15) is 5.82 Å². The van der Waals surface area contributed by atoms with Crippen molar-refractivity contribution in [3.8, 4) is 0 Å². The Balaban J connectivity index is 1.53. The van der Waals surface area contributed by atoms with E-state index >= 15 is 0 Å². The number of rotatable bonds is 5. The molecule has 2 aromatic carbocycles. The molecule has 29 heavy (non-hydrogen) atoms.